The molecule has 1 fully saturated rings. The fraction of sp³-hybridized carbons (Fsp3) is 0.778. The van der Waals surface area contributed by atoms with Crippen LogP contribution in [0.2, 0.25) is 0 Å². The van der Waals surface area contributed by atoms with Crippen LogP contribution in [0.3, 0.4) is 0 Å². The zero-order valence-corrected chi connectivity index (χ0v) is 9.17. The summed E-state index contributed by atoms with van der Waals surface area (Å²) in [6.07, 6.45) is 3.96. The fourth-order valence-corrected chi connectivity index (χ4v) is 3.51. The van der Waals surface area contributed by atoms with Gasteiger partial charge < -0.3 is 5.73 Å². The summed E-state index contributed by atoms with van der Waals surface area (Å²) in [7, 11) is -3.10. The van der Waals surface area contributed by atoms with E-state index in [0.717, 1.165) is 12.8 Å². The second kappa shape index (κ2) is 4.91. The summed E-state index contributed by atoms with van der Waals surface area (Å²) in [6.45, 7) is 4.57. The standard InChI is InChI=1S/C9H18N2O2S/c1-2-3-7-14(12,13)11-6-4-5-9(11)8-10/h2,9H,1,3-8,10H2. The molecule has 1 rings (SSSR count). The third-order valence-electron chi connectivity index (χ3n) is 2.53. The third-order valence-corrected chi connectivity index (χ3v) is 4.48. The maximum Gasteiger partial charge on any atom is 0.214 e. The van der Waals surface area contributed by atoms with E-state index in [2.05, 4.69) is 6.58 Å². The summed E-state index contributed by atoms with van der Waals surface area (Å²) in [4.78, 5) is 0. The molecule has 1 aliphatic heterocycles. The monoisotopic (exact) mass is 218 g/mol. The highest BCUT2D eigenvalue weighted by atomic mass is 32.2. The van der Waals surface area contributed by atoms with Crippen molar-refractivity contribution in [2.45, 2.75) is 25.3 Å². The first-order chi connectivity index (χ1) is 6.61. The lowest BCUT2D eigenvalue weighted by atomic mass is 10.2. The van der Waals surface area contributed by atoms with E-state index in [4.69, 9.17) is 5.73 Å². The van der Waals surface area contributed by atoms with Crippen molar-refractivity contribution in [3.63, 3.8) is 0 Å². The van der Waals surface area contributed by atoms with Gasteiger partial charge in [-0.25, -0.2) is 8.42 Å². The molecule has 1 aliphatic rings. The van der Waals surface area contributed by atoms with Gasteiger partial charge in [0, 0.05) is 19.1 Å². The number of nitrogens with two attached hydrogens (primary N) is 1. The molecule has 4 nitrogen and oxygen atoms in total. The van der Waals surface area contributed by atoms with Crippen LogP contribution >= 0.6 is 0 Å². The average Bonchev–Trinajstić information content (AvgIpc) is 2.63. The summed E-state index contributed by atoms with van der Waals surface area (Å²) < 4.78 is 25.1. The van der Waals surface area contributed by atoms with E-state index < -0.39 is 10.0 Å². The molecule has 2 N–H and O–H groups in total. The Balaban J connectivity index is 2.66. The van der Waals surface area contributed by atoms with Gasteiger partial charge in [-0.15, -0.1) is 6.58 Å². The van der Waals surface area contributed by atoms with E-state index >= 15 is 0 Å². The Morgan fingerprint density at radius 3 is 2.86 bits per heavy atom. The minimum absolute atomic E-state index is 0.0183. The van der Waals surface area contributed by atoms with E-state index in [9.17, 15) is 8.42 Å². The summed E-state index contributed by atoms with van der Waals surface area (Å²) in [5, 5.41) is 0. The van der Waals surface area contributed by atoms with Crippen molar-refractivity contribution in [1.29, 1.82) is 0 Å². The maximum atomic E-state index is 11.8. The van der Waals surface area contributed by atoms with E-state index in [-0.39, 0.29) is 11.8 Å². The Kier molecular flexibility index (Phi) is 4.10. The van der Waals surface area contributed by atoms with Gasteiger partial charge in [-0.2, -0.15) is 4.31 Å². The lowest BCUT2D eigenvalue weighted by molar-refractivity contribution is 0.393. The second-order valence-electron chi connectivity index (χ2n) is 3.54. The van der Waals surface area contributed by atoms with Gasteiger partial charge in [0.2, 0.25) is 10.0 Å². The molecule has 0 aromatic carbocycles. The summed E-state index contributed by atoms with van der Waals surface area (Å²) in [6, 6.07) is 0.0183. The number of nitrogens with zero attached hydrogens (tertiary/aromatic N) is 1. The van der Waals surface area contributed by atoms with Crippen LogP contribution < -0.4 is 5.73 Å². The van der Waals surface area contributed by atoms with Crippen LogP contribution in [0, 0.1) is 0 Å². The molecule has 82 valence electrons. The van der Waals surface area contributed by atoms with Crippen molar-refractivity contribution in [2.24, 2.45) is 5.73 Å². The third kappa shape index (κ3) is 2.56. The van der Waals surface area contributed by atoms with Crippen LogP contribution in [-0.2, 0) is 10.0 Å². The van der Waals surface area contributed by atoms with Gasteiger partial charge in [0.25, 0.3) is 0 Å². The molecule has 5 heteroatoms. The molecule has 1 saturated heterocycles. The molecular formula is C9H18N2O2S. The first kappa shape index (κ1) is 11.7. The zero-order valence-electron chi connectivity index (χ0n) is 8.35. The molecule has 0 bridgehead atoms. The zero-order chi connectivity index (χ0) is 10.6. The van der Waals surface area contributed by atoms with Gasteiger partial charge in [0.05, 0.1) is 5.75 Å². The van der Waals surface area contributed by atoms with Gasteiger partial charge in [-0.05, 0) is 19.3 Å². The van der Waals surface area contributed by atoms with Gasteiger partial charge in [0.15, 0.2) is 0 Å². The Bertz CT molecular complexity index is 287. The Labute approximate surface area is 85.8 Å². The van der Waals surface area contributed by atoms with E-state index in [1.165, 1.54) is 0 Å². The molecule has 1 unspecified atom stereocenters. The molecule has 0 aromatic rings. The van der Waals surface area contributed by atoms with Crippen LogP contribution in [-0.4, -0.2) is 37.6 Å². The van der Waals surface area contributed by atoms with Crippen molar-refractivity contribution >= 4 is 10.0 Å². The number of sulfonamides is 1. The van der Waals surface area contributed by atoms with Crippen molar-refractivity contribution < 1.29 is 8.42 Å². The van der Waals surface area contributed by atoms with Crippen molar-refractivity contribution in [2.75, 3.05) is 18.8 Å². The molecular weight excluding hydrogens is 200 g/mol. The first-order valence-electron chi connectivity index (χ1n) is 4.92. The van der Waals surface area contributed by atoms with Gasteiger partial charge >= 0.3 is 0 Å². The summed E-state index contributed by atoms with van der Waals surface area (Å²) >= 11 is 0. The Hall–Kier alpha value is -0.390. The molecule has 0 radical (unpaired) electrons. The molecule has 0 spiro atoms. The van der Waals surface area contributed by atoms with Crippen LogP contribution in [0.15, 0.2) is 12.7 Å². The molecule has 14 heavy (non-hydrogen) atoms. The van der Waals surface area contributed by atoms with Gasteiger partial charge in [-0.1, -0.05) is 6.08 Å². The molecule has 0 aliphatic carbocycles. The van der Waals surface area contributed by atoms with E-state index in [0.29, 0.717) is 19.5 Å². The number of hydrogen-bond donors (Lipinski definition) is 1. The van der Waals surface area contributed by atoms with Crippen molar-refractivity contribution in [3.05, 3.63) is 12.7 Å². The number of rotatable bonds is 5. The fourth-order valence-electron chi connectivity index (χ4n) is 1.76. The predicted octanol–water partition coefficient (Wildman–Crippen LogP) is 0.315. The highest BCUT2D eigenvalue weighted by Crippen LogP contribution is 2.20. The minimum atomic E-state index is -3.10. The smallest absolute Gasteiger partial charge is 0.214 e. The number of allylic oxidation sites excluding steroid dienone is 1. The van der Waals surface area contributed by atoms with E-state index in [1.54, 1.807) is 10.4 Å². The topological polar surface area (TPSA) is 63.4 Å². The highest BCUT2D eigenvalue weighted by Gasteiger charge is 2.32. The molecule has 1 heterocycles. The molecule has 0 amide bonds. The van der Waals surface area contributed by atoms with Crippen molar-refractivity contribution in [1.82, 2.24) is 4.31 Å². The summed E-state index contributed by atoms with van der Waals surface area (Å²) in [5.41, 5.74) is 5.52. The molecule has 1 atom stereocenters. The summed E-state index contributed by atoms with van der Waals surface area (Å²) in [5.74, 6) is 0.160. The van der Waals surface area contributed by atoms with Crippen LogP contribution in [0.25, 0.3) is 0 Å². The predicted molar refractivity (Wildman–Crippen MR) is 57.4 cm³/mol. The van der Waals surface area contributed by atoms with E-state index in [1.807, 2.05) is 0 Å². The largest absolute Gasteiger partial charge is 0.329 e. The highest BCUT2D eigenvalue weighted by molar-refractivity contribution is 7.89. The first-order valence-corrected chi connectivity index (χ1v) is 6.53. The normalized spacial score (nSPS) is 23.9. The average molecular weight is 218 g/mol. The van der Waals surface area contributed by atoms with Crippen molar-refractivity contribution in [3.8, 4) is 0 Å². The Morgan fingerprint density at radius 1 is 1.57 bits per heavy atom. The maximum absolute atomic E-state index is 11.8. The lowest BCUT2D eigenvalue weighted by Crippen LogP contribution is -2.40. The molecule has 0 saturated carbocycles. The Morgan fingerprint density at radius 2 is 2.29 bits per heavy atom. The van der Waals surface area contributed by atoms with Crippen LogP contribution in [0.5, 0.6) is 0 Å². The minimum Gasteiger partial charge on any atom is -0.329 e. The molecule has 0 aromatic heterocycles. The second-order valence-corrected chi connectivity index (χ2v) is 5.58. The SMILES string of the molecule is C=CCCS(=O)(=O)N1CCCC1CN. The quantitative estimate of drug-likeness (QED) is 0.676. The van der Waals surface area contributed by atoms with Crippen LogP contribution in [0.4, 0.5) is 0 Å². The lowest BCUT2D eigenvalue weighted by Gasteiger charge is -2.22. The number of hydrogen-bond acceptors (Lipinski definition) is 3. The van der Waals surface area contributed by atoms with Gasteiger partial charge in [0.1, 0.15) is 0 Å². The van der Waals surface area contributed by atoms with Gasteiger partial charge in [-0.3, -0.25) is 0 Å². The van der Waals surface area contributed by atoms with Crippen LogP contribution in [0.1, 0.15) is 19.3 Å².